The zero-order chi connectivity index (χ0) is 7.56. The number of aryl methyl sites for hydroxylation is 1. The molecular weight excluding hydrogens is 140 g/mol. The summed E-state index contributed by atoms with van der Waals surface area (Å²) >= 11 is 0. The highest BCUT2D eigenvalue weighted by atomic mass is 28.1. The molecular formula is C8H12OSi. The zero-order valence-electron chi connectivity index (χ0n) is 6.64. The third kappa shape index (κ3) is 1.39. The normalized spacial score (nSPS) is 9.80. The summed E-state index contributed by atoms with van der Waals surface area (Å²) in [4.78, 5) is 0. The van der Waals surface area contributed by atoms with E-state index in [4.69, 9.17) is 4.74 Å². The summed E-state index contributed by atoms with van der Waals surface area (Å²) in [5.74, 6) is 0.956. The fourth-order valence-electron chi connectivity index (χ4n) is 0.841. The van der Waals surface area contributed by atoms with Crippen LogP contribution in [0.25, 0.3) is 0 Å². The summed E-state index contributed by atoms with van der Waals surface area (Å²) in [6, 6.07) is 6.21. The molecule has 0 aromatic heterocycles. The van der Waals surface area contributed by atoms with Crippen LogP contribution in [0.2, 0.25) is 0 Å². The van der Waals surface area contributed by atoms with Gasteiger partial charge in [0.25, 0.3) is 0 Å². The molecule has 1 rings (SSSR count). The lowest BCUT2D eigenvalue weighted by Gasteiger charge is -2.02. The van der Waals surface area contributed by atoms with Crippen molar-refractivity contribution < 1.29 is 4.74 Å². The molecule has 1 nitrogen and oxygen atoms in total. The van der Waals surface area contributed by atoms with Crippen LogP contribution in [-0.2, 0) is 0 Å². The lowest BCUT2D eigenvalue weighted by Crippen LogP contribution is -2.05. The molecule has 0 amide bonds. The molecule has 0 heterocycles. The van der Waals surface area contributed by atoms with Gasteiger partial charge in [0.15, 0.2) is 0 Å². The zero-order valence-corrected chi connectivity index (χ0v) is 8.64. The van der Waals surface area contributed by atoms with Crippen LogP contribution in [-0.4, -0.2) is 17.4 Å². The molecule has 54 valence electrons. The Bertz CT molecular complexity index is 233. The average molecular weight is 152 g/mol. The van der Waals surface area contributed by atoms with E-state index in [2.05, 4.69) is 19.1 Å². The van der Waals surface area contributed by atoms with Crippen LogP contribution < -0.4 is 9.92 Å². The molecule has 0 atom stereocenters. The Balaban J connectivity index is 3.04. The predicted molar refractivity (Wildman–Crippen MR) is 47.3 cm³/mol. The number of benzene rings is 1. The van der Waals surface area contributed by atoms with E-state index >= 15 is 0 Å². The highest BCUT2D eigenvalue weighted by Gasteiger charge is 1.93. The first-order chi connectivity index (χ1) is 4.74. The summed E-state index contributed by atoms with van der Waals surface area (Å²) in [6.07, 6.45) is 0. The maximum Gasteiger partial charge on any atom is 0.119 e. The first-order valence-electron chi connectivity index (χ1n) is 3.35. The smallest absolute Gasteiger partial charge is 0.119 e. The number of hydrogen-bond donors (Lipinski definition) is 0. The van der Waals surface area contributed by atoms with E-state index in [-0.39, 0.29) is 0 Å². The third-order valence-electron chi connectivity index (χ3n) is 1.71. The second kappa shape index (κ2) is 2.88. The summed E-state index contributed by atoms with van der Waals surface area (Å²) in [7, 11) is 2.82. The van der Waals surface area contributed by atoms with Crippen molar-refractivity contribution in [2.45, 2.75) is 6.92 Å². The Morgan fingerprint density at radius 1 is 1.40 bits per heavy atom. The van der Waals surface area contributed by atoms with E-state index < -0.39 is 0 Å². The van der Waals surface area contributed by atoms with E-state index in [1.54, 1.807) is 7.11 Å². The second-order valence-electron chi connectivity index (χ2n) is 2.45. The monoisotopic (exact) mass is 152 g/mol. The van der Waals surface area contributed by atoms with Crippen molar-refractivity contribution in [1.82, 2.24) is 0 Å². The van der Waals surface area contributed by atoms with Gasteiger partial charge < -0.3 is 4.74 Å². The van der Waals surface area contributed by atoms with Gasteiger partial charge in [0.2, 0.25) is 0 Å². The molecule has 0 N–H and O–H groups in total. The van der Waals surface area contributed by atoms with Crippen molar-refractivity contribution in [3.05, 3.63) is 23.8 Å². The molecule has 10 heavy (non-hydrogen) atoms. The minimum absolute atomic E-state index is 0.956. The number of ether oxygens (including phenoxy) is 1. The molecule has 0 aliphatic rings. The van der Waals surface area contributed by atoms with E-state index in [1.165, 1.54) is 10.8 Å². The van der Waals surface area contributed by atoms with Crippen LogP contribution in [0.3, 0.4) is 0 Å². The Hall–Kier alpha value is -0.763. The average Bonchev–Trinajstić information content (AvgIpc) is 1.95. The first kappa shape index (κ1) is 7.35. The molecule has 1 aromatic rings. The van der Waals surface area contributed by atoms with Gasteiger partial charge in [-0.2, -0.15) is 0 Å². The fraction of sp³-hybridized carbons (Fsp3) is 0.250. The van der Waals surface area contributed by atoms with Gasteiger partial charge in [0, 0.05) is 10.2 Å². The van der Waals surface area contributed by atoms with Crippen molar-refractivity contribution >= 4 is 15.4 Å². The molecule has 0 fully saturated rings. The highest BCUT2D eigenvalue weighted by Crippen LogP contribution is 2.08. The Morgan fingerprint density at radius 2 is 2.10 bits per heavy atom. The van der Waals surface area contributed by atoms with Gasteiger partial charge in [-0.3, -0.25) is 0 Å². The Kier molecular flexibility index (Phi) is 2.12. The number of hydrogen-bond acceptors (Lipinski definition) is 1. The van der Waals surface area contributed by atoms with Gasteiger partial charge in [0.1, 0.15) is 5.75 Å². The van der Waals surface area contributed by atoms with Crippen molar-refractivity contribution in [1.29, 1.82) is 0 Å². The van der Waals surface area contributed by atoms with Crippen molar-refractivity contribution in [3.8, 4) is 5.75 Å². The van der Waals surface area contributed by atoms with Crippen LogP contribution >= 0.6 is 0 Å². The van der Waals surface area contributed by atoms with Gasteiger partial charge in [-0.05, 0) is 24.6 Å². The minimum atomic E-state index is 0.956. The fourth-order valence-corrected chi connectivity index (χ4v) is 1.15. The van der Waals surface area contributed by atoms with Gasteiger partial charge in [-0.1, -0.05) is 11.3 Å². The molecule has 0 bridgehead atoms. The molecule has 0 aliphatic carbocycles. The van der Waals surface area contributed by atoms with Gasteiger partial charge in [-0.25, -0.2) is 0 Å². The summed E-state index contributed by atoms with van der Waals surface area (Å²) in [5, 5.41) is 1.45. The standard InChI is InChI=1S/C8H12OSi/c1-6-5-7(9-2)3-4-8(6)10/h3-5H,1-2,10H3. The third-order valence-corrected chi connectivity index (χ3v) is 2.84. The van der Waals surface area contributed by atoms with Crippen molar-refractivity contribution in [3.63, 3.8) is 0 Å². The molecule has 1 aromatic carbocycles. The van der Waals surface area contributed by atoms with Crippen LogP contribution in [0.1, 0.15) is 5.56 Å². The summed E-state index contributed by atoms with van der Waals surface area (Å²) in [5.41, 5.74) is 1.34. The van der Waals surface area contributed by atoms with Crippen LogP contribution in [0.4, 0.5) is 0 Å². The quantitative estimate of drug-likeness (QED) is 0.515. The van der Waals surface area contributed by atoms with E-state index in [9.17, 15) is 0 Å². The van der Waals surface area contributed by atoms with E-state index in [0.29, 0.717) is 0 Å². The van der Waals surface area contributed by atoms with Crippen LogP contribution in [0, 0.1) is 6.92 Å². The van der Waals surface area contributed by atoms with Crippen molar-refractivity contribution in [2.24, 2.45) is 0 Å². The highest BCUT2D eigenvalue weighted by molar-refractivity contribution is 6.33. The maximum absolute atomic E-state index is 5.07. The largest absolute Gasteiger partial charge is 0.497 e. The first-order valence-corrected chi connectivity index (χ1v) is 4.35. The molecule has 0 saturated heterocycles. The van der Waals surface area contributed by atoms with E-state index in [1.807, 2.05) is 6.07 Å². The van der Waals surface area contributed by atoms with Crippen molar-refractivity contribution in [2.75, 3.05) is 7.11 Å². The molecule has 2 heteroatoms. The topological polar surface area (TPSA) is 9.23 Å². The summed E-state index contributed by atoms with van der Waals surface area (Å²) < 4.78 is 5.07. The lowest BCUT2D eigenvalue weighted by molar-refractivity contribution is 0.414. The lowest BCUT2D eigenvalue weighted by atomic mass is 10.2. The van der Waals surface area contributed by atoms with Gasteiger partial charge in [-0.15, -0.1) is 0 Å². The Morgan fingerprint density at radius 3 is 2.60 bits per heavy atom. The SMILES string of the molecule is COc1ccc([SiH3])c(C)c1. The second-order valence-corrected chi connectivity index (χ2v) is 3.53. The van der Waals surface area contributed by atoms with Crippen LogP contribution in [0.5, 0.6) is 5.75 Å². The molecule has 0 radical (unpaired) electrons. The molecule has 0 spiro atoms. The Labute approximate surface area is 64.4 Å². The van der Waals surface area contributed by atoms with Gasteiger partial charge >= 0.3 is 0 Å². The van der Waals surface area contributed by atoms with E-state index in [0.717, 1.165) is 16.0 Å². The molecule has 0 aliphatic heterocycles. The van der Waals surface area contributed by atoms with Gasteiger partial charge in [0.05, 0.1) is 7.11 Å². The number of methoxy groups -OCH3 is 1. The van der Waals surface area contributed by atoms with Crippen LogP contribution in [0.15, 0.2) is 18.2 Å². The minimum Gasteiger partial charge on any atom is -0.497 e. The molecule has 0 unspecified atom stereocenters. The summed E-state index contributed by atoms with van der Waals surface area (Å²) in [6.45, 7) is 2.12. The maximum atomic E-state index is 5.07. The predicted octanol–water partition coefficient (Wildman–Crippen LogP) is -0.00568. The molecule has 0 saturated carbocycles. The number of rotatable bonds is 1.